The first kappa shape index (κ1) is 11.2. The Bertz CT molecular complexity index is 389. The fourth-order valence-corrected chi connectivity index (χ4v) is 2.37. The van der Waals surface area contributed by atoms with E-state index in [1.54, 1.807) is 6.92 Å². The first-order chi connectivity index (χ1) is 7.59. The van der Waals surface area contributed by atoms with E-state index in [9.17, 15) is 4.79 Å². The lowest BCUT2D eigenvalue weighted by molar-refractivity contribution is 0.101. The zero-order chi connectivity index (χ0) is 11.7. The lowest BCUT2D eigenvalue weighted by Crippen LogP contribution is -2.21. The molecule has 1 fully saturated rings. The molecule has 16 heavy (non-hydrogen) atoms. The molecule has 1 aromatic carbocycles. The molecule has 2 nitrogen and oxygen atoms in total. The van der Waals surface area contributed by atoms with E-state index in [1.165, 1.54) is 0 Å². The van der Waals surface area contributed by atoms with Crippen molar-refractivity contribution in [3.63, 3.8) is 0 Å². The molecule has 0 aliphatic carbocycles. The maximum atomic E-state index is 11.6. The summed E-state index contributed by atoms with van der Waals surface area (Å²) in [4.78, 5) is 13.9. The summed E-state index contributed by atoms with van der Waals surface area (Å²) in [6.07, 6.45) is 0. The molecule has 0 spiro atoms. The second-order valence-corrected chi connectivity index (χ2v) is 4.93. The van der Waals surface area contributed by atoms with E-state index in [4.69, 9.17) is 0 Å². The lowest BCUT2D eigenvalue weighted by Gasteiger charge is -2.20. The van der Waals surface area contributed by atoms with Crippen molar-refractivity contribution in [2.24, 2.45) is 11.8 Å². The van der Waals surface area contributed by atoms with Gasteiger partial charge >= 0.3 is 0 Å². The van der Waals surface area contributed by atoms with Crippen LogP contribution >= 0.6 is 0 Å². The topological polar surface area (TPSA) is 20.3 Å². The third-order valence-electron chi connectivity index (χ3n) is 3.61. The highest BCUT2D eigenvalue weighted by Crippen LogP contribution is 2.30. The minimum absolute atomic E-state index is 0.155. The third kappa shape index (κ3) is 1.97. The van der Waals surface area contributed by atoms with Gasteiger partial charge in [-0.2, -0.15) is 0 Å². The van der Waals surface area contributed by atoms with Gasteiger partial charge in [0.1, 0.15) is 0 Å². The third-order valence-corrected chi connectivity index (χ3v) is 3.61. The molecule has 0 radical (unpaired) electrons. The minimum atomic E-state index is 0.155. The van der Waals surface area contributed by atoms with Gasteiger partial charge in [0.2, 0.25) is 0 Å². The normalized spacial score (nSPS) is 24.8. The molecule has 0 N–H and O–H groups in total. The molecule has 0 aromatic heterocycles. The Labute approximate surface area is 97.3 Å². The molecule has 0 amide bonds. The number of hydrogen-bond donors (Lipinski definition) is 0. The first-order valence-electron chi connectivity index (χ1n) is 5.94. The summed E-state index contributed by atoms with van der Waals surface area (Å²) in [7, 11) is 0. The number of Topliss-reactive ketones (excluding diaryl/α,β-unsaturated/α-hetero) is 1. The van der Waals surface area contributed by atoms with E-state index in [-0.39, 0.29) is 5.78 Å². The smallest absolute Gasteiger partial charge is 0.161 e. The second-order valence-electron chi connectivity index (χ2n) is 4.93. The first-order valence-corrected chi connectivity index (χ1v) is 5.94. The predicted molar refractivity (Wildman–Crippen MR) is 67.0 cm³/mol. The fourth-order valence-electron chi connectivity index (χ4n) is 2.37. The zero-order valence-electron chi connectivity index (χ0n) is 10.2. The summed E-state index contributed by atoms with van der Waals surface area (Å²) in [5.41, 5.74) is 1.95. The molecule has 1 aliphatic heterocycles. The number of para-hydroxylation sites is 1. The Kier molecular flexibility index (Phi) is 2.99. The van der Waals surface area contributed by atoms with Crippen LogP contribution in [0.3, 0.4) is 0 Å². The highest BCUT2D eigenvalue weighted by atomic mass is 16.1. The van der Waals surface area contributed by atoms with Crippen LogP contribution < -0.4 is 4.90 Å². The fraction of sp³-hybridized carbons (Fsp3) is 0.500. The Morgan fingerprint density at radius 1 is 1.19 bits per heavy atom. The number of benzene rings is 1. The Morgan fingerprint density at radius 2 is 1.75 bits per heavy atom. The van der Waals surface area contributed by atoms with E-state index in [0.717, 1.165) is 24.3 Å². The average molecular weight is 217 g/mol. The van der Waals surface area contributed by atoms with Crippen molar-refractivity contribution in [2.45, 2.75) is 20.8 Å². The van der Waals surface area contributed by atoms with E-state index in [2.05, 4.69) is 24.8 Å². The summed E-state index contributed by atoms with van der Waals surface area (Å²) >= 11 is 0. The van der Waals surface area contributed by atoms with Crippen LogP contribution in [-0.4, -0.2) is 18.9 Å². The van der Waals surface area contributed by atoms with Crippen molar-refractivity contribution in [1.29, 1.82) is 0 Å². The number of hydrogen-bond acceptors (Lipinski definition) is 2. The molecular formula is C14H19NO. The molecule has 1 aliphatic rings. The largest absolute Gasteiger partial charge is 0.370 e. The Balaban J connectivity index is 2.31. The van der Waals surface area contributed by atoms with Gasteiger partial charge in [-0.25, -0.2) is 0 Å². The molecule has 2 atom stereocenters. The molecule has 2 heteroatoms. The van der Waals surface area contributed by atoms with Crippen LogP contribution in [0.4, 0.5) is 5.69 Å². The van der Waals surface area contributed by atoms with Crippen LogP contribution in [0.25, 0.3) is 0 Å². The monoisotopic (exact) mass is 217 g/mol. The molecule has 0 bridgehead atoms. The van der Waals surface area contributed by atoms with Gasteiger partial charge in [0.25, 0.3) is 0 Å². The standard InChI is InChI=1S/C14H19NO/c1-10-8-15(9-11(10)2)14-7-5-4-6-13(14)12(3)16/h4-7,10-11H,8-9H2,1-3H3. The van der Waals surface area contributed by atoms with Crippen LogP contribution in [-0.2, 0) is 0 Å². The summed E-state index contributed by atoms with van der Waals surface area (Å²) in [5, 5.41) is 0. The van der Waals surface area contributed by atoms with Crippen molar-refractivity contribution >= 4 is 11.5 Å². The van der Waals surface area contributed by atoms with Gasteiger partial charge in [-0.05, 0) is 30.9 Å². The lowest BCUT2D eigenvalue weighted by atomic mass is 10.0. The molecule has 86 valence electrons. The predicted octanol–water partition coefficient (Wildman–Crippen LogP) is 2.98. The van der Waals surface area contributed by atoms with E-state index in [1.807, 2.05) is 18.2 Å². The Morgan fingerprint density at radius 3 is 2.31 bits per heavy atom. The molecule has 1 heterocycles. The van der Waals surface area contributed by atoms with Gasteiger partial charge in [0, 0.05) is 24.3 Å². The van der Waals surface area contributed by atoms with E-state index in [0.29, 0.717) is 11.8 Å². The molecule has 2 rings (SSSR count). The summed E-state index contributed by atoms with van der Waals surface area (Å²) in [5.74, 6) is 1.57. The van der Waals surface area contributed by atoms with E-state index >= 15 is 0 Å². The highest BCUT2D eigenvalue weighted by molar-refractivity contribution is 5.99. The Hall–Kier alpha value is -1.31. The molecular weight excluding hydrogens is 198 g/mol. The van der Waals surface area contributed by atoms with Crippen LogP contribution in [0.1, 0.15) is 31.1 Å². The van der Waals surface area contributed by atoms with Crippen LogP contribution in [0.5, 0.6) is 0 Å². The molecule has 1 aromatic rings. The zero-order valence-corrected chi connectivity index (χ0v) is 10.2. The van der Waals surface area contributed by atoms with Crippen LogP contribution in [0, 0.1) is 11.8 Å². The summed E-state index contributed by atoms with van der Waals surface area (Å²) in [6, 6.07) is 7.92. The summed E-state index contributed by atoms with van der Waals surface area (Å²) < 4.78 is 0. The van der Waals surface area contributed by atoms with E-state index < -0.39 is 0 Å². The number of rotatable bonds is 2. The molecule has 0 saturated carbocycles. The van der Waals surface area contributed by atoms with Gasteiger partial charge < -0.3 is 4.90 Å². The van der Waals surface area contributed by atoms with Gasteiger partial charge in [-0.1, -0.05) is 26.0 Å². The van der Waals surface area contributed by atoms with Gasteiger partial charge in [-0.3, -0.25) is 4.79 Å². The van der Waals surface area contributed by atoms with Gasteiger partial charge in [-0.15, -0.1) is 0 Å². The number of anilines is 1. The SMILES string of the molecule is CC(=O)c1ccccc1N1CC(C)C(C)C1. The second kappa shape index (κ2) is 4.28. The molecule has 1 saturated heterocycles. The quantitative estimate of drug-likeness (QED) is 0.710. The number of carbonyl (C=O) groups is 1. The molecule has 2 unspecified atom stereocenters. The maximum absolute atomic E-state index is 11.6. The van der Waals surface area contributed by atoms with Gasteiger partial charge in [0.05, 0.1) is 0 Å². The highest BCUT2D eigenvalue weighted by Gasteiger charge is 2.27. The average Bonchev–Trinajstić information content (AvgIpc) is 2.59. The van der Waals surface area contributed by atoms with Gasteiger partial charge in [0.15, 0.2) is 5.78 Å². The van der Waals surface area contributed by atoms with Crippen molar-refractivity contribution in [3.8, 4) is 0 Å². The van der Waals surface area contributed by atoms with Crippen molar-refractivity contribution in [3.05, 3.63) is 29.8 Å². The number of nitrogens with zero attached hydrogens (tertiary/aromatic N) is 1. The minimum Gasteiger partial charge on any atom is -0.370 e. The van der Waals surface area contributed by atoms with Crippen LogP contribution in [0.15, 0.2) is 24.3 Å². The number of carbonyl (C=O) groups excluding carboxylic acids is 1. The van der Waals surface area contributed by atoms with Crippen molar-refractivity contribution in [2.75, 3.05) is 18.0 Å². The maximum Gasteiger partial charge on any atom is 0.161 e. The van der Waals surface area contributed by atoms with Crippen molar-refractivity contribution < 1.29 is 4.79 Å². The van der Waals surface area contributed by atoms with Crippen molar-refractivity contribution in [1.82, 2.24) is 0 Å². The number of ketones is 1. The summed E-state index contributed by atoms with van der Waals surface area (Å²) in [6.45, 7) is 8.32. The van der Waals surface area contributed by atoms with Crippen LogP contribution in [0.2, 0.25) is 0 Å².